The Kier molecular flexibility index (Phi) is 19.6. The summed E-state index contributed by atoms with van der Waals surface area (Å²) in [5, 5.41) is 0. The van der Waals surface area contributed by atoms with Gasteiger partial charge in [-0.15, -0.1) is 0 Å². The average molecular weight is 769 g/mol. The molecule has 2 heteroatoms. The third-order valence-electron chi connectivity index (χ3n) is 13.7. The molecule has 57 heavy (non-hydrogen) atoms. The smallest absolute Gasteiger partial charge is 0.0314 e. The molecule has 0 bridgehead atoms. The van der Waals surface area contributed by atoms with Crippen LogP contribution in [0.5, 0.6) is 0 Å². The molecule has 3 atom stereocenters. The fourth-order valence-corrected chi connectivity index (χ4v) is 10.1. The summed E-state index contributed by atoms with van der Waals surface area (Å²) in [6, 6.07) is 37.2. The van der Waals surface area contributed by atoms with Crippen molar-refractivity contribution in [1.82, 2.24) is 0 Å². The van der Waals surface area contributed by atoms with Crippen LogP contribution in [0.4, 0.5) is 11.4 Å². The Bertz CT molecular complexity index is 1510. The molecular formula is C55H80N2. The first kappa shape index (κ1) is 44.6. The lowest BCUT2D eigenvalue weighted by atomic mass is 9.73. The highest BCUT2D eigenvalue weighted by Gasteiger charge is 2.26. The summed E-state index contributed by atoms with van der Waals surface area (Å²) >= 11 is 0. The van der Waals surface area contributed by atoms with Gasteiger partial charge in [0.2, 0.25) is 0 Å². The van der Waals surface area contributed by atoms with Gasteiger partial charge in [-0.05, 0) is 95.2 Å². The average Bonchev–Trinajstić information content (AvgIpc) is 3.25. The van der Waals surface area contributed by atoms with Crippen LogP contribution in [0.3, 0.4) is 0 Å². The molecule has 0 saturated heterocycles. The van der Waals surface area contributed by atoms with Gasteiger partial charge < -0.3 is 11.5 Å². The van der Waals surface area contributed by atoms with Crippen LogP contribution >= 0.6 is 0 Å². The Morgan fingerprint density at radius 3 is 1.07 bits per heavy atom. The maximum atomic E-state index is 6.15. The summed E-state index contributed by atoms with van der Waals surface area (Å²) in [6.45, 7) is 6.94. The highest BCUT2D eigenvalue weighted by molar-refractivity contribution is 5.45. The molecule has 0 aliphatic heterocycles. The summed E-state index contributed by atoms with van der Waals surface area (Å²) in [4.78, 5) is 0. The highest BCUT2D eigenvalue weighted by atomic mass is 14.5. The van der Waals surface area contributed by atoms with E-state index in [1.807, 2.05) is 0 Å². The van der Waals surface area contributed by atoms with E-state index in [9.17, 15) is 0 Å². The van der Waals surface area contributed by atoms with E-state index in [0.29, 0.717) is 17.8 Å². The minimum atomic E-state index is 0.401. The fourth-order valence-electron chi connectivity index (χ4n) is 10.1. The Labute approximate surface area is 350 Å². The molecule has 1 aliphatic rings. The van der Waals surface area contributed by atoms with Gasteiger partial charge in [-0.3, -0.25) is 0 Å². The van der Waals surface area contributed by atoms with Crippen LogP contribution in [0.2, 0.25) is 0 Å². The zero-order valence-electron chi connectivity index (χ0n) is 36.5. The van der Waals surface area contributed by atoms with Crippen molar-refractivity contribution in [3.8, 4) is 0 Å². The summed E-state index contributed by atoms with van der Waals surface area (Å²) in [7, 11) is 0. The molecule has 310 valence electrons. The monoisotopic (exact) mass is 769 g/mol. The van der Waals surface area contributed by atoms with Crippen molar-refractivity contribution >= 4 is 11.4 Å². The second-order valence-electron chi connectivity index (χ2n) is 18.0. The van der Waals surface area contributed by atoms with Gasteiger partial charge in [-0.2, -0.15) is 0 Å². The van der Waals surface area contributed by atoms with Gasteiger partial charge in [-0.1, -0.05) is 216 Å². The summed E-state index contributed by atoms with van der Waals surface area (Å²) in [5.74, 6) is 2.97. The zero-order chi connectivity index (χ0) is 40.1. The largest absolute Gasteiger partial charge is 0.399 e. The minimum absolute atomic E-state index is 0.401. The van der Waals surface area contributed by atoms with Gasteiger partial charge in [-0.25, -0.2) is 0 Å². The SMILES string of the molecule is CCCCCCCC(CCC(c1ccc(C(CCCCCC)c2ccc(N)cc2)cc1)c1ccc(C(CCCCCC)c2ccc(N)cc2)cc1)C1CCCCC1. The first-order valence-electron chi connectivity index (χ1n) is 23.9. The van der Waals surface area contributed by atoms with E-state index in [1.54, 1.807) is 0 Å². The third-order valence-corrected chi connectivity index (χ3v) is 13.7. The van der Waals surface area contributed by atoms with Crippen molar-refractivity contribution in [3.05, 3.63) is 130 Å². The number of hydrogen-bond donors (Lipinski definition) is 2. The number of hydrogen-bond acceptors (Lipinski definition) is 2. The van der Waals surface area contributed by atoms with Gasteiger partial charge >= 0.3 is 0 Å². The topological polar surface area (TPSA) is 52.0 Å². The molecule has 0 radical (unpaired) electrons. The number of nitrogen functional groups attached to an aromatic ring is 2. The Morgan fingerprint density at radius 2 is 0.684 bits per heavy atom. The van der Waals surface area contributed by atoms with E-state index in [2.05, 4.69) is 118 Å². The van der Waals surface area contributed by atoms with Crippen LogP contribution in [-0.4, -0.2) is 0 Å². The lowest BCUT2D eigenvalue weighted by Gasteiger charge is -2.32. The molecule has 3 unspecified atom stereocenters. The van der Waals surface area contributed by atoms with E-state index in [1.165, 1.54) is 181 Å². The van der Waals surface area contributed by atoms with Crippen LogP contribution in [0, 0.1) is 11.8 Å². The van der Waals surface area contributed by atoms with Crippen molar-refractivity contribution in [3.63, 3.8) is 0 Å². The molecule has 2 nitrogen and oxygen atoms in total. The van der Waals surface area contributed by atoms with Crippen LogP contribution < -0.4 is 11.5 Å². The fraction of sp³-hybridized carbons (Fsp3) is 0.564. The van der Waals surface area contributed by atoms with E-state index < -0.39 is 0 Å². The molecule has 0 spiro atoms. The molecule has 5 rings (SSSR count). The number of rotatable bonds is 26. The molecular weight excluding hydrogens is 689 g/mol. The molecule has 4 aromatic carbocycles. The standard InChI is InChI=1S/C55H80N2/c1-4-7-10-13-15-22-44(43-20-16-14-17-21-43)37-42-55(47-29-25-45(26-30-47)53(23-18-11-8-5-2)49-33-38-51(56)39-34-49)48-31-27-46(28-32-48)54(24-19-12-9-6-3)50-35-40-52(57)41-36-50/h25-36,38-41,43-44,53-55H,4-24,37,42,56-57H2,1-3H3. The van der Waals surface area contributed by atoms with E-state index in [0.717, 1.165) is 23.2 Å². The molecule has 4 N–H and O–H groups in total. The van der Waals surface area contributed by atoms with Gasteiger partial charge in [0.25, 0.3) is 0 Å². The zero-order valence-corrected chi connectivity index (χ0v) is 36.5. The van der Waals surface area contributed by atoms with Crippen molar-refractivity contribution in [1.29, 1.82) is 0 Å². The van der Waals surface area contributed by atoms with Crippen LogP contribution in [-0.2, 0) is 0 Å². The molecule has 1 fully saturated rings. The van der Waals surface area contributed by atoms with Gasteiger partial charge in [0.15, 0.2) is 0 Å². The first-order chi connectivity index (χ1) is 28.0. The molecule has 0 amide bonds. The van der Waals surface area contributed by atoms with Gasteiger partial charge in [0.05, 0.1) is 0 Å². The third kappa shape index (κ3) is 14.4. The highest BCUT2D eigenvalue weighted by Crippen LogP contribution is 2.41. The summed E-state index contributed by atoms with van der Waals surface area (Å²) < 4.78 is 0. The van der Waals surface area contributed by atoms with Gasteiger partial charge in [0, 0.05) is 29.1 Å². The van der Waals surface area contributed by atoms with E-state index >= 15 is 0 Å². The number of anilines is 2. The predicted octanol–water partition coefficient (Wildman–Crippen LogP) is 16.5. The van der Waals surface area contributed by atoms with Crippen molar-refractivity contribution in [2.75, 3.05) is 11.5 Å². The maximum absolute atomic E-state index is 6.15. The Hall–Kier alpha value is -3.52. The van der Waals surface area contributed by atoms with E-state index in [4.69, 9.17) is 11.5 Å². The van der Waals surface area contributed by atoms with Gasteiger partial charge in [0.1, 0.15) is 0 Å². The quantitative estimate of drug-likeness (QED) is 0.0494. The molecule has 4 aromatic rings. The van der Waals surface area contributed by atoms with Crippen molar-refractivity contribution in [2.45, 2.75) is 186 Å². The van der Waals surface area contributed by atoms with Crippen molar-refractivity contribution < 1.29 is 0 Å². The van der Waals surface area contributed by atoms with Crippen LogP contribution in [0.25, 0.3) is 0 Å². The number of unbranched alkanes of at least 4 members (excludes halogenated alkanes) is 10. The lowest BCUT2D eigenvalue weighted by Crippen LogP contribution is -2.19. The molecule has 0 heterocycles. The molecule has 0 aromatic heterocycles. The van der Waals surface area contributed by atoms with Crippen LogP contribution in [0.15, 0.2) is 97.1 Å². The molecule has 1 saturated carbocycles. The molecule has 1 aliphatic carbocycles. The van der Waals surface area contributed by atoms with Crippen LogP contribution in [0.1, 0.15) is 220 Å². The normalized spacial score (nSPS) is 15.6. The predicted molar refractivity (Wildman–Crippen MR) is 250 cm³/mol. The summed E-state index contributed by atoms with van der Waals surface area (Å²) in [6.07, 6.45) is 30.8. The van der Waals surface area contributed by atoms with E-state index in [-0.39, 0.29) is 0 Å². The maximum Gasteiger partial charge on any atom is 0.0314 e. The van der Waals surface area contributed by atoms with Crippen molar-refractivity contribution in [2.24, 2.45) is 11.8 Å². The second-order valence-corrected chi connectivity index (χ2v) is 18.0. The Balaban J connectivity index is 1.43. The minimum Gasteiger partial charge on any atom is -0.399 e. The number of benzene rings is 4. The number of nitrogens with two attached hydrogens (primary N) is 2. The first-order valence-corrected chi connectivity index (χ1v) is 23.9. The second kappa shape index (κ2) is 25.1. The Morgan fingerprint density at radius 1 is 0.368 bits per heavy atom. The summed E-state index contributed by atoms with van der Waals surface area (Å²) in [5.41, 5.74) is 22.6. The lowest BCUT2D eigenvalue weighted by molar-refractivity contribution is 0.214.